The number of piperazine rings is 1. The molecule has 4 heterocycles. The molecule has 2 amide bonds. The highest BCUT2D eigenvalue weighted by Crippen LogP contribution is 2.36. The minimum Gasteiger partial charge on any atom is -0.362 e. The minimum absolute atomic E-state index is 0.00921. The van der Waals surface area contributed by atoms with Gasteiger partial charge in [0.1, 0.15) is 17.0 Å². The fourth-order valence-electron chi connectivity index (χ4n) is 3.78. The molecule has 0 radical (unpaired) electrons. The van der Waals surface area contributed by atoms with Gasteiger partial charge in [0.05, 0.1) is 16.3 Å². The zero-order valence-electron chi connectivity index (χ0n) is 17.3. The largest absolute Gasteiger partial charge is 0.362 e. The van der Waals surface area contributed by atoms with Crippen LogP contribution < -0.4 is 5.32 Å². The lowest BCUT2D eigenvalue weighted by Gasteiger charge is -2.34. The minimum atomic E-state index is 0.00921. The van der Waals surface area contributed by atoms with E-state index < -0.39 is 0 Å². The first-order valence-electron chi connectivity index (χ1n) is 10.1. The summed E-state index contributed by atoms with van der Waals surface area (Å²) in [7, 11) is 0. The van der Waals surface area contributed by atoms with Crippen molar-refractivity contribution in [1.29, 1.82) is 0 Å². The van der Waals surface area contributed by atoms with E-state index >= 15 is 0 Å². The summed E-state index contributed by atoms with van der Waals surface area (Å²) in [5.74, 6) is 0.840. The van der Waals surface area contributed by atoms with Gasteiger partial charge in [-0.1, -0.05) is 13.0 Å². The Morgan fingerprint density at radius 2 is 1.93 bits per heavy atom. The van der Waals surface area contributed by atoms with Crippen molar-refractivity contribution in [3.63, 3.8) is 0 Å². The number of aryl methyl sites for hydroxylation is 1. The van der Waals surface area contributed by atoms with E-state index in [9.17, 15) is 9.59 Å². The van der Waals surface area contributed by atoms with E-state index in [-0.39, 0.29) is 17.9 Å². The van der Waals surface area contributed by atoms with E-state index in [1.165, 1.54) is 16.2 Å². The van der Waals surface area contributed by atoms with E-state index in [4.69, 9.17) is 0 Å². The van der Waals surface area contributed by atoms with Crippen LogP contribution in [0, 0.1) is 6.92 Å². The van der Waals surface area contributed by atoms with Gasteiger partial charge in [-0.25, -0.2) is 9.97 Å². The van der Waals surface area contributed by atoms with E-state index in [0.717, 1.165) is 28.0 Å². The highest BCUT2D eigenvalue weighted by molar-refractivity contribution is 7.20. The van der Waals surface area contributed by atoms with E-state index in [0.29, 0.717) is 31.1 Å². The highest BCUT2D eigenvalue weighted by atomic mass is 32.1. The van der Waals surface area contributed by atoms with E-state index in [1.807, 2.05) is 11.8 Å². The van der Waals surface area contributed by atoms with Crippen LogP contribution in [0.2, 0.25) is 0 Å². The summed E-state index contributed by atoms with van der Waals surface area (Å²) >= 11 is 3.14. The number of anilines is 1. The van der Waals surface area contributed by atoms with Crippen LogP contribution in [0.5, 0.6) is 0 Å². The molecule has 1 N–H and O–H groups in total. The van der Waals surface area contributed by atoms with Crippen LogP contribution in [-0.2, 0) is 4.79 Å². The quantitative estimate of drug-likeness (QED) is 0.646. The molecule has 4 rings (SSSR count). The maximum absolute atomic E-state index is 13.2. The van der Waals surface area contributed by atoms with Gasteiger partial charge in [-0.15, -0.1) is 22.7 Å². The van der Waals surface area contributed by atoms with Gasteiger partial charge in [0, 0.05) is 38.0 Å². The molecule has 0 aromatic carbocycles. The van der Waals surface area contributed by atoms with Crippen molar-refractivity contribution < 1.29 is 9.59 Å². The fourth-order valence-corrected chi connectivity index (χ4v) is 5.76. The third kappa shape index (κ3) is 3.91. The summed E-state index contributed by atoms with van der Waals surface area (Å²) in [6.07, 6.45) is 2.49. The number of fused-ring (bicyclic) bond motifs is 1. The fraction of sp³-hybridized carbons (Fsp3) is 0.429. The molecule has 0 saturated carbocycles. The molecule has 0 bridgehead atoms. The summed E-state index contributed by atoms with van der Waals surface area (Å²) in [4.78, 5) is 40.1. The van der Waals surface area contributed by atoms with Crippen LogP contribution in [0.1, 0.15) is 46.4 Å². The van der Waals surface area contributed by atoms with Crippen LogP contribution in [0.25, 0.3) is 10.2 Å². The van der Waals surface area contributed by atoms with Gasteiger partial charge in [-0.2, -0.15) is 0 Å². The Bertz CT molecular complexity index is 1050. The predicted octanol–water partition coefficient (Wildman–Crippen LogP) is 3.93. The van der Waals surface area contributed by atoms with Crippen LogP contribution in [0.15, 0.2) is 23.8 Å². The van der Waals surface area contributed by atoms with Crippen molar-refractivity contribution >= 4 is 50.5 Å². The van der Waals surface area contributed by atoms with Gasteiger partial charge in [0.25, 0.3) is 5.91 Å². The summed E-state index contributed by atoms with van der Waals surface area (Å²) < 4.78 is 0. The number of rotatable bonds is 5. The SMILES string of the molecule is CC[C@H](Nc1ncnc2sc(C(=O)N3CCN(C(C)=O)CC3)c(C)c12)c1cccs1. The zero-order chi connectivity index (χ0) is 21.3. The number of hydrogen-bond donors (Lipinski definition) is 1. The summed E-state index contributed by atoms with van der Waals surface area (Å²) in [6.45, 7) is 7.95. The molecule has 9 heteroatoms. The summed E-state index contributed by atoms with van der Waals surface area (Å²) in [5, 5.41) is 6.56. The molecule has 1 fully saturated rings. The molecular weight excluding hydrogens is 418 g/mol. The summed E-state index contributed by atoms with van der Waals surface area (Å²) in [5.41, 5.74) is 0.915. The topological polar surface area (TPSA) is 78.4 Å². The number of aromatic nitrogens is 2. The van der Waals surface area contributed by atoms with Crippen LogP contribution in [0.4, 0.5) is 5.82 Å². The highest BCUT2D eigenvalue weighted by Gasteiger charge is 2.27. The second kappa shape index (κ2) is 8.69. The summed E-state index contributed by atoms with van der Waals surface area (Å²) in [6, 6.07) is 4.35. The Kier molecular flexibility index (Phi) is 6.01. The normalized spacial score (nSPS) is 15.4. The van der Waals surface area contributed by atoms with Crippen molar-refractivity contribution in [2.24, 2.45) is 0 Å². The van der Waals surface area contributed by atoms with Crippen LogP contribution in [-0.4, -0.2) is 57.8 Å². The molecule has 1 atom stereocenters. The van der Waals surface area contributed by atoms with Crippen molar-refractivity contribution in [2.75, 3.05) is 31.5 Å². The van der Waals surface area contributed by atoms with Crippen molar-refractivity contribution in [1.82, 2.24) is 19.8 Å². The van der Waals surface area contributed by atoms with E-state index in [2.05, 4.69) is 39.7 Å². The molecule has 7 nitrogen and oxygen atoms in total. The number of thiophene rings is 2. The number of carbonyl (C=O) groups excluding carboxylic acids is 2. The van der Waals surface area contributed by atoms with Crippen molar-refractivity contribution in [3.8, 4) is 0 Å². The van der Waals surface area contributed by atoms with Crippen molar-refractivity contribution in [3.05, 3.63) is 39.2 Å². The Hall–Kier alpha value is -2.52. The molecule has 30 heavy (non-hydrogen) atoms. The zero-order valence-corrected chi connectivity index (χ0v) is 19.0. The Morgan fingerprint density at radius 3 is 2.57 bits per heavy atom. The molecular formula is C21H25N5O2S2. The molecule has 0 unspecified atom stereocenters. The Labute approximate surface area is 183 Å². The third-order valence-corrected chi connectivity index (χ3v) is 7.71. The molecule has 1 aliphatic rings. The molecule has 158 valence electrons. The lowest BCUT2D eigenvalue weighted by molar-refractivity contribution is -0.130. The number of amides is 2. The average Bonchev–Trinajstić information content (AvgIpc) is 3.40. The number of hydrogen-bond acceptors (Lipinski definition) is 7. The van der Waals surface area contributed by atoms with E-state index in [1.54, 1.807) is 29.5 Å². The van der Waals surface area contributed by atoms with Gasteiger partial charge < -0.3 is 15.1 Å². The van der Waals surface area contributed by atoms with Gasteiger partial charge in [-0.05, 0) is 30.4 Å². The van der Waals surface area contributed by atoms with Gasteiger partial charge in [0.2, 0.25) is 5.91 Å². The molecule has 1 aliphatic heterocycles. The van der Waals surface area contributed by atoms with Gasteiger partial charge in [0.15, 0.2) is 0 Å². The standard InChI is InChI=1S/C21H25N5O2S2/c1-4-15(16-6-5-11-29-16)24-19-17-13(2)18(30-20(17)23-12-22-19)21(28)26-9-7-25(8-10-26)14(3)27/h5-6,11-12,15H,4,7-10H2,1-3H3,(H,22,23,24)/t15-/m0/s1. The maximum atomic E-state index is 13.2. The lowest BCUT2D eigenvalue weighted by Crippen LogP contribution is -2.50. The first kappa shape index (κ1) is 20.7. The molecule has 3 aromatic heterocycles. The number of nitrogens with one attached hydrogen (secondary N) is 1. The second-order valence-electron chi connectivity index (χ2n) is 7.38. The first-order valence-corrected chi connectivity index (χ1v) is 11.8. The smallest absolute Gasteiger partial charge is 0.264 e. The molecule has 1 saturated heterocycles. The van der Waals surface area contributed by atoms with Crippen LogP contribution >= 0.6 is 22.7 Å². The maximum Gasteiger partial charge on any atom is 0.264 e. The van der Waals surface area contributed by atoms with Gasteiger partial charge in [-0.3, -0.25) is 9.59 Å². The molecule has 3 aromatic rings. The number of nitrogens with zero attached hydrogens (tertiary/aromatic N) is 4. The first-order chi connectivity index (χ1) is 14.5. The lowest BCUT2D eigenvalue weighted by atomic mass is 10.1. The monoisotopic (exact) mass is 443 g/mol. The Balaban J connectivity index is 1.61. The second-order valence-corrected chi connectivity index (χ2v) is 9.36. The van der Waals surface area contributed by atoms with Gasteiger partial charge >= 0.3 is 0 Å². The van der Waals surface area contributed by atoms with Crippen molar-refractivity contribution in [2.45, 2.75) is 33.2 Å². The number of carbonyl (C=O) groups is 2. The van der Waals surface area contributed by atoms with Crippen LogP contribution in [0.3, 0.4) is 0 Å². The third-order valence-electron chi connectivity index (χ3n) is 5.54. The average molecular weight is 444 g/mol. The Morgan fingerprint density at radius 1 is 1.20 bits per heavy atom. The molecule has 0 spiro atoms. The molecule has 0 aliphatic carbocycles. The predicted molar refractivity (Wildman–Crippen MR) is 121 cm³/mol.